The Kier molecular flexibility index (Phi) is 45.9. The molecule has 1 aliphatic rings. The van der Waals surface area contributed by atoms with E-state index in [2.05, 4.69) is 76.2 Å². The minimum Gasteiger partial charge on any atom is -0.0776 e. The van der Waals surface area contributed by atoms with Gasteiger partial charge >= 0.3 is 0 Å². The fraction of sp³-hybridized carbons (Fsp3) is 1.00. The lowest BCUT2D eigenvalue weighted by molar-refractivity contribution is 0.277. The van der Waals surface area contributed by atoms with E-state index in [0.29, 0.717) is 0 Å². The first-order chi connectivity index (χ1) is 10.1. The third-order valence-corrected chi connectivity index (χ3v) is 4.17. The van der Waals surface area contributed by atoms with Gasteiger partial charge in [-0.05, 0) is 29.6 Å². The summed E-state index contributed by atoms with van der Waals surface area (Å²) in [6.07, 6.45) is 8.51. The molecule has 162 valence electrons. The maximum absolute atomic E-state index is 2.38. The Balaban J connectivity index is -0.0000000481. The summed E-state index contributed by atoms with van der Waals surface area (Å²) in [5.41, 5.74) is 0. The van der Waals surface area contributed by atoms with E-state index < -0.39 is 0 Å². The second kappa shape index (κ2) is 28.8. The van der Waals surface area contributed by atoms with Crippen molar-refractivity contribution in [3.05, 3.63) is 0 Å². The molecule has 0 saturated heterocycles. The minimum atomic E-state index is 0. The van der Waals surface area contributed by atoms with Crippen LogP contribution >= 0.6 is 0 Å². The topological polar surface area (TPSA) is 0 Å². The van der Waals surface area contributed by atoms with Crippen LogP contribution in [0.2, 0.25) is 0 Å². The monoisotopic (exact) mass is 362 g/mol. The van der Waals surface area contributed by atoms with Gasteiger partial charge in [0.1, 0.15) is 0 Å². The lowest BCUT2D eigenvalue weighted by Crippen LogP contribution is -2.12. The SMILES string of the molecule is C.C.C.CC(C)C.CC1CCCCC1C.CCC(C)C.CCC(C)C. The molecule has 0 aliphatic heterocycles. The Morgan fingerprint density at radius 1 is 0.600 bits per heavy atom. The highest BCUT2D eigenvalue weighted by Crippen LogP contribution is 2.28. The number of hydrogen-bond donors (Lipinski definition) is 0. The molecule has 2 unspecified atom stereocenters. The summed E-state index contributed by atoms with van der Waals surface area (Å²) in [5.74, 6) is 4.61. The van der Waals surface area contributed by atoms with Gasteiger partial charge in [0.05, 0.1) is 0 Å². The van der Waals surface area contributed by atoms with Crippen LogP contribution in [0.25, 0.3) is 0 Å². The molecule has 1 rings (SSSR count). The van der Waals surface area contributed by atoms with Crippen LogP contribution in [-0.4, -0.2) is 0 Å². The predicted octanol–water partition coefficient (Wildman–Crippen LogP) is 10.5. The maximum Gasteiger partial charge on any atom is -0.0417 e. The fourth-order valence-electron chi connectivity index (χ4n) is 1.50. The number of hydrogen-bond acceptors (Lipinski definition) is 0. The van der Waals surface area contributed by atoms with Crippen molar-refractivity contribution in [2.75, 3.05) is 0 Å². The van der Waals surface area contributed by atoms with Crippen molar-refractivity contribution in [3.8, 4) is 0 Å². The van der Waals surface area contributed by atoms with Crippen molar-refractivity contribution in [2.24, 2.45) is 29.6 Å². The molecule has 0 aromatic carbocycles. The zero-order valence-electron chi connectivity index (χ0n) is 18.1. The molecule has 0 radical (unpaired) electrons. The van der Waals surface area contributed by atoms with Gasteiger partial charge in [-0.25, -0.2) is 0 Å². The first kappa shape index (κ1) is 39.9. The van der Waals surface area contributed by atoms with Crippen molar-refractivity contribution in [3.63, 3.8) is 0 Å². The summed E-state index contributed by atoms with van der Waals surface area (Å²) in [6.45, 7) is 24.5. The second-order valence-corrected chi connectivity index (χ2v) is 8.58. The fourth-order valence-corrected chi connectivity index (χ4v) is 1.50. The molecule has 1 aliphatic carbocycles. The molecule has 1 fully saturated rings. The van der Waals surface area contributed by atoms with Gasteiger partial charge in [0, 0.05) is 0 Å². The summed E-state index contributed by atoms with van der Waals surface area (Å²) in [4.78, 5) is 0. The van der Waals surface area contributed by atoms with Crippen LogP contribution in [0.5, 0.6) is 0 Å². The molecule has 0 nitrogen and oxygen atoms in total. The lowest BCUT2D eigenvalue weighted by Gasteiger charge is -2.24. The summed E-state index contributed by atoms with van der Waals surface area (Å²) < 4.78 is 0. The van der Waals surface area contributed by atoms with Gasteiger partial charge < -0.3 is 0 Å². The van der Waals surface area contributed by atoms with E-state index in [1.807, 2.05) is 0 Å². The van der Waals surface area contributed by atoms with Gasteiger partial charge in [0.25, 0.3) is 0 Å². The van der Waals surface area contributed by atoms with Gasteiger partial charge in [-0.2, -0.15) is 0 Å². The molecular weight excluding hydrogens is 300 g/mol. The summed E-state index contributed by atoms with van der Waals surface area (Å²) in [5, 5.41) is 0. The standard InChI is InChI=1S/C8H16.2C5H12.C4H10.3CH4/c1-7-5-3-4-6-8(7)2;2*1-4-5(2)3;1-4(2)3;;;/h7-8H,3-6H2,1-2H3;2*5H,4H2,1-3H3;4H,1-3H3;3*1H4. The van der Waals surface area contributed by atoms with Gasteiger partial charge in [-0.1, -0.05) is 137 Å². The smallest absolute Gasteiger partial charge is 0.0417 e. The number of rotatable bonds is 2. The van der Waals surface area contributed by atoms with Gasteiger partial charge in [-0.3, -0.25) is 0 Å². The van der Waals surface area contributed by atoms with E-state index >= 15 is 0 Å². The van der Waals surface area contributed by atoms with E-state index in [1.165, 1.54) is 38.5 Å². The van der Waals surface area contributed by atoms with Crippen molar-refractivity contribution >= 4 is 0 Å². The quantitative estimate of drug-likeness (QED) is 0.458. The van der Waals surface area contributed by atoms with E-state index in [4.69, 9.17) is 0 Å². The molecule has 0 N–H and O–H groups in total. The predicted molar refractivity (Wildman–Crippen MR) is 128 cm³/mol. The summed E-state index contributed by atoms with van der Waals surface area (Å²) in [6, 6.07) is 0. The van der Waals surface area contributed by atoms with Crippen molar-refractivity contribution in [2.45, 2.75) is 137 Å². The third-order valence-electron chi connectivity index (χ3n) is 4.17. The molecule has 0 heterocycles. The Morgan fingerprint density at radius 3 is 0.840 bits per heavy atom. The molecule has 0 amide bonds. The maximum atomic E-state index is 2.38. The Labute approximate surface area is 167 Å². The lowest BCUT2D eigenvalue weighted by atomic mass is 9.82. The zero-order chi connectivity index (χ0) is 18.1. The Morgan fingerprint density at radius 2 is 0.760 bits per heavy atom. The highest BCUT2D eigenvalue weighted by Gasteiger charge is 2.15. The second-order valence-electron chi connectivity index (χ2n) is 8.58. The van der Waals surface area contributed by atoms with Crippen LogP contribution in [0.1, 0.15) is 137 Å². The Bertz CT molecular complexity index is 158. The molecular formula is C25H62. The molecule has 0 aromatic heterocycles. The highest BCUT2D eigenvalue weighted by atomic mass is 14.2. The molecule has 1 saturated carbocycles. The summed E-state index contributed by atoms with van der Waals surface area (Å²) in [7, 11) is 0. The van der Waals surface area contributed by atoms with E-state index in [0.717, 1.165) is 29.6 Å². The average molecular weight is 363 g/mol. The molecule has 25 heavy (non-hydrogen) atoms. The minimum absolute atomic E-state index is 0. The summed E-state index contributed by atoms with van der Waals surface area (Å²) >= 11 is 0. The van der Waals surface area contributed by atoms with Gasteiger partial charge in [-0.15, -0.1) is 0 Å². The van der Waals surface area contributed by atoms with Crippen molar-refractivity contribution in [1.29, 1.82) is 0 Å². The molecule has 0 spiro atoms. The van der Waals surface area contributed by atoms with Crippen LogP contribution < -0.4 is 0 Å². The first-order valence-electron chi connectivity index (χ1n) is 10.1. The molecule has 2 atom stereocenters. The van der Waals surface area contributed by atoms with Crippen molar-refractivity contribution in [1.82, 2.24) is 0 Å². The average Bonchev–Trinajstić information content (AvgIpc) is 2.42. The molecule has 0 aromatic rings. The molecule has 0 bridgehead atoms. The van der Waals surface area contributed by atoms with Crippen LogP contribution in [0.15, 0.2) is 0 Å². The van der Waals surface area contributed by atoms with Crippen LogP contribution in [0, 0.1) is 29.6 Å². The largest absolute Gasteiger partial charge is 0.0776 e. The van der Waals surface area contributed by atoms with E-state index in [-0.39, 0.29) is 22.3 Å². The molecule has 0 heteroatoms. The zero-order valence-corrected chi connectivity index (χ0v) is 18.1. The first-order valence-corrected chi connectivity index (χ1v) is 10.1. The highest BCUT2D eigenvalue weighted by molar-refractivity contribution is 4.67. The van der Waals surface area contributed by atoms with Crippen LogP contribution in [0.4, 0.5) is 0 Å². The third kappa shape index (κ3) is 51.6. The van der Waals surface area contributed by atoms with Crippen LogP contribution in [0.3, 0.4) is 0 Å². The van der Waals surface area contributed by atoms with Crippen molar-refractivity contribution < 1.29 is 0 Å². The normalized spacial score (nSPS) is 18.0. The van der Waals surface area contributed by atoms with E-state index in [1.54, 1.807) is 0 Å². The van der Waals surface area contributed by atoms with Gasteiger partial charge in [0.15, 0.2) is 0 Å². The van der Waals surface area contributed by atoms with Crippen LogP contribution in [-0.2, 0) is 0 Å². The Hall–Kier alpha value is 0. The van der Waals surface area contributed by atoms with Gasteiger partial charge in [0.2, 0.25) is 0 Å². The van der Waals surface area contributed by atoms with E-state index in [9.17, 15) is 0 Å².